The summed E-state index contributed by atoms with van der Waals surface area (Å²) >= 11 is 0. The van der Waals surface area contributed by atoms with Crippen LogP contribution in [0.1, 0.15) is 6.92 Å². The van der Waals surface area contributed by atoms with Crippen molar-refractivity contribution in [2.75, 3.05) is 7.05 Å². The van der Waals surface area contributed by atoms with Crippen LogP contribution in [0.4, 0.5) is 13.2 Å². The number of rotatable bonds is 2. The summed E-state index contributed by atoms with van der Waals surface area (Å²) in [4.78, 5) is 3.34. The zero-order valence-electron chi connectivity index (χ0n) is 6.24. The Morgan fingerprint density at radius 3 is 2.36 bits per heavy atom. The molecule has 0 radical (unpaired) electrons. The fourth-order valence-electron chi connectivity index (χ4n) is 0.297. The summed E-state index contributed by atoms with van der Waals surface area (Å²) in [6.07, 6.45) is -2.34. The first kappa shape index (κ1) is 10.0. The Bertz CT molecular complexity index is 169. The number of hydrogen-bond acceptors (Lipinski definition) is 1. The van der Waals surface area contributed by atoms with Crippen LogP contribution >= 0.6 is 0 Å². The molecule has 0 atom stereocenters. The predicted octanol–water partition coefficient (Wildman–Crippen LogP) is 1.70. The lowest BCUT2D eigenvalue weighted by Gasteiger charge is -2.03. The van der Waals surface area contributed by atoms with Crippen molar-refractivity contribution in [3.63, 3.8) is 0 Å². The standard InChI is InChI=1S/C6H9F3N2/c1-5(6(7,8)9)3-11-4-10-2/h3-4H,1-2H3,(H,10,11)/b5-3+. The fraction of sp³-hybridized carbons (Fsp3) is 0.500. The summed E-state index contributed by atoms with van der Waals surface area (Å²) in [5.74, 6) is 0. The highest BCUT2D eigenvalue weighted by atomic mass is 19.4. The monoisotopic (exact) mass is 166 g/mol. The lowest BCUT2D eigenvalue weighted by atomic mass is 10.3. The van der Waals surface area contributed by atoms with Crippen molar-refractivity contribution in [2.24, 2.45) is 4.99 Å². The molecule has 0 fully saturated rings. The Balaban J connectivity index is 4.12. The van der Waals surface area contributed by atoms with Crippen LogP contribution in [0.3, 0.4) is 0 Å². The van der Waals surface area contributed by atoms with Gasteiger partial charge in [-0.2, -0.15) is 13.2 Å². The number of nitrogens with zero attached hydrogens (tertiary/aromatic N) is 1. The SMILES string of the molecule is CN/C=N\C=C(/C)C(F)(F)F. The summed E-state index contributed by atoms with van der Waals surface area (Å²) in [6.45, 7) is 0.965. The molecule has 0 heterocycles. The summed E-state index contributed by atoms with van der Waals surface area (Å²) in [7, 11) is 1.56. The molecule has 0 aliphatic carbocycles. The number of halogens is 3. The Morgan fingerprint density at radius 1 is 1.45 bits per heavy atom. The third-order valence-corrected chi connectivity index (χ3v) is 0.919. The number of allylic oxidation sites excluding steroid dienone is 1. The van der Waals surface area contributed by atoms with Crippen molar-refractivity contribution in [1.29, 1.82) is 0 Å². The summed E-state index contributed by atoms with van der Waals surface area (Å²) in [6, 6.07) is 0. The van der Waals surface area contributed by atoms with Crippen LogP contribution in [0.2, 0.25) is 0 Å². The van der Waals surface area contributed by atoms with E-state index in [1.165, 1.54) is 6.34 Å². The maximum absolute atomic E-state index is 11.7. The molecule has 2 nitrogen and oxygen atoms in total. The van der Waals surface area contributed by atoms with Crippen LogP contribution in [-0.4, -0.2) is 19.6 Å². The summed E-state index contributed by atoms with van der Waals surface area (Å²) < 4.78 is 35.1. The van der Waals surface area contributed by atoms with Crippen LogP contribution in [-0.2, 0) is 0 Å². The van der Waals surface area contributed by atoms with E-state index in [9.17, 15) is 13.2 Å². The van der Waals surface area contributed by atoms with Gasteiger partial charge >= 0.3 is 6.18 Å². The van der Waals surface area contributed by atoms with E-state index >= 15 is 0 Å². The molecule has 0 aliphatic rings. The zero-order chi connectivity index (χ0) is 8.91. The molecule has 11 heavy (non-hydrogen) atoms. The van der Waals surface area contributed by atoms with E-state index in [1.807, 2.05) is 0 Å². The number of alkyl halides is 3. The van der Waals surface area contributed by atoms with Gasteiger partial charge in [-0.3, -0.25) is 0 Å². The van der Waals surface area contributed by atoms with Gasteiger partial charge in [-0.1, -0.05) is 0 Å². The Morgan fingerprint density at radius 2 is 2.00 bits per heavy atom. The fourth-order valence-corrected chi connectivity index (χ4v) is 0.297. The largest absolute Gasteiger partial charge is 0.413 e. The van der Waals surface area contributed by atoms with Gasteiger partial charge < -0.3 is 5.32 Å². The molecule has 0 aromatic carbocycles. The van der Waals surface area contributed by atoms with Gasteiger partial charge in [0.15, 0.2) is 0 Å². The molecule has 0 rings (SSSR count). The number of nitrogens with one attached hydrogen (secondary N) is 1. The zero-order valence-corrected chi connectivity index (χ0v) is 6.24. The molecule has 0 spiro atoms. The minimum Gasteiger partial charge on any atom is -0.379 e. The van der Waals surface area contributed by atoms with Crippen molar-refractivity contribution in [2.45, 2.75) is 13.1 Å². The Labute approximate surface area is 62.8 Å². The van der Waals surface area contributed by atoms with Crippen molar-refractivity contribution in [3.05, 3.63) is 11.8 Å². The average Bonchev–Trinajstić information content (AvgIpc) is 1.86. The van der Waals surface area contributed by atoms with Gasteiger partial charge in [-0.25, -0.2) is 4.99 Å². The maximum Gasteiger partial charge on any atom is 0.413 e. The van der Waals surface area contributed by atoms with Gasteiger partial charge in [0.25, 0.3) is 0 Å². The van der Waals surface area contributed by atoms with Gasteiger partial charge in [0.2, 0.25) is 0 Å². The van der Waals surface area contributed by atoms with Gasteiger partial charge in [0.1, 0.15) is 0 Å². The maximum atomic E-state index is 11.7. The van der Waals surface area contributed by atoms with Crippen molar-refractivity contribution >= 4 is 6.34 Å². The second-order valence-electron chi connectivity index (χ2n) is 1.88. The minimum atomic E-state index is -4.27. The molecule has 0 aromatic heterocycles. The van der Waals surface area contributed by atoms with E-state index in [-0.39, 0.29) is 0 Å². The van der Waals surface area contributed by atoms with Gasteiger partial charge in [0.05, 0.1) is 6.34 Å². The van der Waals surface area contributed by atoms with Crippen LogP contribution in [0.5, 0.6) is 0 Å². The topological polar surface area (TPSA) is 24.4 Å². The molecule has 0 saturated carbocycles. The molecule has 0 bridgehead atoms. The third-order valence-electron chi connectivity index (χ3n) is 0.919. The van der Waals surface area contributed by atoms with Crippen molar-refractivity contribution in [3.8, 4) is 0 Å². The van der Waals surface area contributed by atoms with E-state index < -0.39 is 11.7 Å². The summed E-state index contributed by atoms with van der Waals surface area (Å²) in [5, 5.41) is 2.47. The smallest absolute Gasteiger partial charge is 0.379 e. The molecule has 0 unspecified atom stereocenters. The van der Waals surface area contributed by atoms with Crippen LogP contribution < -0.4 is 5.32 Å². The Kier molecular flexibility index (Phi) is 3.64. The van der Waals surface area contributed by atoms with Crippen LogP contribution in [0, 0.1) is 0 Å². The third kappa shape index (κ3) is 4.41. The van der Waals surface area contributed by atoms with Gasteiger partial charge in [0, 0.05) is 18.8 Å². The normalized spacial score (nSPS) is 14.1. The number of aliphatic imine (C=N–C) groups is 1. The van der Waals surface area contributed by atoms with E-state index in [0.717, 1.165) is 13.1 Å². The first-order valence-corrected chi connectivity index (χ1v) is 2.91. The van der Waals surface area contributed by atoms with Crippen molar-refractivity contribution in [1.82, 2.24) is 5.32 Å². The minimum absolute atomic E-state index is 0.719. The van der Waals surface area contributed by atoms with Crippen LogP contribution in [0.15, 0.2) is 16.8 Å². The van der Waals surface area contributed by atoms with Gasteiger partial charge in [-0.15, -0.1) is 0 Å². The first-order valence-electron chi connectivity index (χ1n) is 2.91. The second-order valence-corrected chi connectivity index (χ2v) is 1.88. The molecule has 0 amide bonds. The van der Waals surface area contributed by atoms with Crippen LogP contribution in [0.25, 0.3) is 0 Å². The molecule has 0 aliphatic heterocycles. The first-order chi connectivity index (χ1) is 4.98. The molecule has 64 valence electrons. The average molecular weight is 166 g/mol. The van der Waals surface area contributed by atoms with E-state index in [4.69, 9.17) is 0 Å². The lowest BCUT2D eigenvalue weighted by Crippen LogP contribution is -2.08. The number of hydrogen-bond donors (Lipinski definition) is 1. The molecule has 5 heteroatoms. The molecular formula is C6H9F3N2. The highest BCUT2D eigenvalue weighted by Gasteiger charge is 2.29. The highest BCUT2D eigenvalue weighted by Crippen LogP contribution is 2.24. The second kappa shape index (κ2) is 4.00. The molecule has 1 N–H and O–H groups in total. The molecular weight excluding hydrogens is 157 g/mol. The van der Waals surface area contributed by atoms with E-state index in [0.29, 0.717) is 0 Å². The van der Waals surface area contributed by atoms with E-state index in [1.54, 1.807) is 7.05 Å². The predicted molar refractivity (Wildman–Crippen MR) is 37.4 cm³/mol. The summed E-state index contributed by atoms with van der Waals surface area (Å²) in [5.41, 5.74) is -0.719. The highest BCUT2D eigenvalue weighted by molar-refractivity contribution is 5.54. The quantitative estimate of drug-likeness (QED) is 0.490. The van der Waals surface area contributed by atoms with Crippen molar-refractivity contribution < 1.29 is 13.2 Å². The molecule has 0 aromatic rings. The Hall–Kier alpha value is -1.00. The van der Waals surface area contributed by atoms with Gasteiger partial charge in [-0.05, 0) is 6.92 Å². The lowest BCUT2D eigenvalue weighted by molar-refractivity contribution is -0.0914. The molecule has 0 saturated heterocycles. The van der Waals surface area contributed by atoms with E-state index in [2.05, 4.69) is 10.3 Å².